The van der Waals surface area contributed by atoms with Crippen molar-refractivity contribution in [3.8, 4) is 5.69 Å². The first kappa shape index (κ1) is 16.5. The molecule has 2 rings (SSSR count). The Kier molecular flexibility index (Phi) is 6.11. The van der Waals surface area contributed by atoms with Gasteiger partial charge in [-0.1, -0.05) is 18.2 Å². The van der Waals surface area contributed by atoms with Crippen molar-refractivity contribution in [2.45, 2.75) is 12.8 Å². The number of nitrogens with one attached hydrogen (secondary N) is 1. The lowest BCUT2D eigenvalue weighted by Crippen LogP contribution is -2.22. The number of esters is 1. The second-order valence-corrected chi connectivity index (χ2v) is 4.86. The second-order valence-electron chi connectivity index (χ2n) is 4.86. The average Bonchev–Trinajstić information content (AvgIpc) is 3.06. The van der Waals surface area contributed by atoms with E-state index in [4.69, 9.17) is 0 Å². The molecule has 1 heterocycles. The number of benzene rings is 1. The number of ether oxygens (including phenoxy) is 1. The third kappa shape index (κ3) is 5.43. The van der Waals surface area contributed by atoms with Gasteiger partial charge in [-0.15, -0.1) is 0 Å². The number of carbonyl (C=O) groups excluding carboxylic acids is 2. The molecule has 0 aliphatic carbocycles. The van der Waals surface area contributed by atoms with E-state index in [-0.39, 0.29) is 11.9 Å². The van der Waals surface area contributed by atoms with E-state index < -0.39 is 0 Å². The van der Waals surface area contributed by atoms with E-state index in [2.05, 4.69) is 15.2 Å². The molecule has 0 saturated carbocycles. The van der Waals surface area contributed by atoms with Crippen LogP contribution in [0.3, 0.4) is 0 Å². The number of aromatic nitrogens is 2. The van der Waals surface area contributed by atoms with Crippen LogP contribution in [0.25, 0.3) is 11.8 Å². The van der Waals surface area contributed by atoms with Gasteiger partial charge in [-0.3, -0.25) is 9.59 Å². The fourth-order valence-electron chi connectivity index (χ4n) is 1.92. The first-order chi connectivity index (χ1) is 11.2. The van der Waals surface area contributed by atoms with Crippen LogP contribution in [0.1, 0.15) is 18.4 Å². The number of amides is 1. The molecule has 0 aliphatic rings. The molecule has 0 atom stereocenters. The van der Waals surface area contributed by atoms with E-state index >= 15 is 0 Å². The predicted molar refractivity (Wildman–Crippen MR) is 86.9 cm³/mol. The Morgan fingerprint density at radius 1 is 1.30 bits per heavy atom. The molecule has 0 spiro atoms. The number of hydrogen-bond donors (Lipinski definition) is 1. The minimum Gasteiger partial charge on any atom is -0.469 e. The largest absolute Gasteiger partial charge is 0.469 e. The van der Waals surface area contributed by atoms with E-state index in [9.17, 15) is 9.59 Å². The lowest BCUT2D eigenvalue weighted by Gasteiger charge is -2.01. The van der Waals surface area contributed by atoms with Crippen LogP contribution in [-0.4, -0.2) is 35.3 Å². The van der Waals surface area contributed by atoms with Gasteiger partial charge in [0.25, 0.3) is 0 Å². The smallest absolute Gasteiger partial charge is 0.305 e. The highest BCUT2D eigenvalue weighted by molar-refractivity contribution is 5.91. The predicted octanol–water partition coefficient (Wildman–Crippen LogP) is 1.95. The molecule has 1 amide bonds. The number of hydrogen-bond acceptors (Lipinski definition) is 4. The lowest BCUT2D eigenvalue weighted by atomic mass is 10.3. The minimum absolute atomic E-state index is 0.206. The van der Waals surface area contributed by atoms with Crippen molar-refractivity contribution in [3.63, 3.8) is 0 Å². The fourth-order valence-corrected chi connectivity index (χ4v) is 1.92. The van der Waals surface area contributed by atoms with Gasteiger partial charge < -0.3 is 10.1 Å². The monoisotopic (exact) mass is 313 g/mol. The zero-order valence-corrected chi connectivity index (χ0v) is 12.9. The molecule has 6 nitrogen and oxygen atoms in total. The van der Waals surface area contributed by atoms with Gasteiger partial charge >= 0.3 is 5.97 Å². The van der Waals surface area contributed by atoms with Crippen molar-refractivity contribution >= 4 is 18.0 Å². The molecule has 1 aromatic carbocycles. The third-order valence-electron chi connectivity index (χ3n) is 3.14. The normalized spacial score (nSPS) is 10.7. The summed E-state index contributed by atoms with van der Waals surface area (Å²) in [6.07, 6.45) is 7.53. The first-order valence-corrected chi connectivity index (χ1v) is 7.32. The molecule has 2 aromatic rings. The van der Waals surface area contributed by atoms with Gasteiger partial charge in [0.15, 0.2) is 0 Å². The zero-order chi connectivity index (χ0) is 16.5. The molecule has 0 saturated heterocycles. The topological polar surface area (TPSA) is 73.2 Å². The SMILES string of the molecule is COC(=O)CCCNC(=O)/C=C/c1cnn(-c2ccccc2)c1. The Hall–Kier alpha value is -2.89. The molecule has 6 heteroatoms. The summed E-state index contributed by atoms with van der Waals surface area (Å²) in [4.78, 5) is 22.6. The van der Waals surface area contributed by atoms with E-state index in [1.165, 1.54) is 13.2 Å². The Bertz CT molecular complexity index is 677. The van der Waals surface area contributed by atoms with Gasteiger partial charge in [-0.25, -0.2) is 4.68 Å². The van der Waals surface area contributed by atoms with Crippen LogP contribution in [0.5, 0.6) is 0 Å². The number of methoxy groups -OCH3 is 1. The molecule has 1 aromatic heterocycles. The Balaban J connectivity index is 1.80. The highest BCUT2D eigenvalue weighted by Crippen LogP contribution is 2.08. The van der Waals surface area contributed by atoms with Crippen molar-refractivity contribution < 1.29 is 14.3 Å². The fraction of sp³-hybridized carbons (Fsp3) is 0.235. The molecule has 23 heavy (non-hydrogen) atoms. The van der Waals surface area contributed by atoms with Crippen LogP contribution in [0.15, 0.2) is 48.8 Å². The summed E-state index contributed by atoms with van der Waals surface area (Å²) < 4.78 is 6.27. The van der Waals surface area contributed by atoms with Gasteiger partial charge in [0.2, 0.25) is 5.91 Å². The summed E-state index contributed by atoms with van der Waals surface area (Å²) >= 11 is 0. The van der Waals surface area contributed by atoms with Crippen molar-refractivity contribution in [1.29, 1.82) is 0 Å². The van der Waals surface area contributed by atoms with Crippen LogP contribution >= 0.6 is 0 Å². The summed E-state index contributed by atoms with van der Waals surface area (Å²) in [7, 11) is 1.35. The van der Waals surface area contributed by atoms with Crippen LogP contribution in [0, 0.1) is 0 Å². The molecular formula is C17H19N3O3. The molecule has 0 bridgehead atoms. The van der Waals surface area contributed by atoms with Gasteiger partial charge in [0.1, 0.15) is 0 Å². The number of nitrogens with zero attached hydrogens (tertiary/aromatic N) is 2. The lowest BCUT2D eigenvalue weighted by molar-refractivity contribution is -0.140. The highest BCUT2D eigenvalue weighted by Gasteiger charge is 2.01. The molecule has 0 unspecified atom stereocenters. The van der Waals surface area contributed by atoms with Crippen LogP contribution in [0.4, 0.5) is 0 Å². The Morgan fingerprint density at radius 3 is 2.83 bits per heavy atom. The second kappa shape index (κ2) is 8.53. The molecule has 1 N–H and O–H groups in total. The summed E-state index contributed by atoms with van der Waals surface area (Å²) in [6, 6.07) is 9.73. The van der Waals surface area contributed by atoms with Gasteiger partial charge in [0, 0.05) is 30.8 Å². The summed E-state index contributed by atoms with van der Waals surface area (Å²) in [5, 5.41) is 6.96. The summed E-state index contributed by atoms with van der Waals surface area (Å²) in [6.45, 7) is 0.432. The summed E-state index contributed by atoms with van der Waals surface area (Å²) in [5.41, 5.74) is 1.79. The van der Waals surface area contributed by atoms with Crippen molar-refractivity contribution in [2.75, 3.05) is 13.7 Å². The Morgan fingerprint density at radius 2 is 2.09 bits per heavy atom. The quantitative estimate of drug-likeness (QED) is 0.482. The minimum atomic E-state index is -0.275. The standard InChI is InChI=1S/C17H19N3O3/c1-23-17(22)8-5-11-18-16(21)10-9-14-12-19-20(13-14)15-6-3-2-4-7-15/h2-4,6-7,9-10,12-13H,5,8,11H2,1H3,(H,18,21)/b10-9+. The van der Waals surface area contributed by atoms with E-state index in [1.807, 2.05) is 36.5 Å². The van der Waals surface area contributed by atoms with E-state index in [1.54, 1.807) is 17.0 Å². The first-order valence-electron chi connectivity index (χ1n) is 7.32. The molecule has 0 radical (unpaired) electrons. The maximum Gasteiger partial charge on any atom is 0.305 e. The van der Waals surface area contributed by atoms with E-state index in [0.29, 0.717) is 19.4 Å². The van der Waals surface area contributed by atoms with Crippen LogP contribution in [0.2, 0.25) is 0 Å². The number of carbonyl (C=O) groups is 2. The van der Waals surface area contributed by atoms with Crippen molar-refractivity contribution in [3.05, 3.63) is 54.4 Å². The van der Waals surface area contributed by atoms with Crippen LogP contribution in [-0.2, 0) is 14.3 Å². The number of para-hydroxylation sites is 1. The van der Waals surface area contributed by atoms with Crippen molar-refractivity contribution in [2.24, 2.45) is 0 Å². The Labute approximate surface area is 134 Å². The molecule has 0 fully saturated rings. The average molecular weight is 313 g/mol. The van der Waals surface area contributed by atoms with E-state index in [0.717, 1.165) is 11.3 Å². The number of rotatable bonds is 7. The van der Waals surface area contributed by atoms with Gasteiger partial charge in [-0.2, -0.15) is 5.10 Å². The van der Waals surface area contributed by atoms with Crippen LogP contribution < -0.4 is 5.32 Å². The maximum absolute atomic E-state index is 11.7. The molecular weight excluding hydrogens is 294 g/mol. The summed E-state index contributed by atoms with van der Waals surface area (Å²) in [5.74, 6) is -0.481. The zero-order valence-electron chi connectivity index (χ0n) is 12.9. The maximum atomic E-state index is 11.7. The van der Waals surface area contributed by atoms with Gasteiger partial charge in [0.05, 0.1) is 19.0 Å². The van der Waals surface area contributed by atoms with Gasteiger partial charge in [-0.05, 0) is 24.6 Å². The molecule has 0 aliphatic heterocycles. The molecule has 120 valence electrons. The third-order valence-corrected chi connectivity index (χ3v) is 3.14. The highest BCUT2D eigenvalue weighted by atomic mass is 16.5. The van der Waals surface area contributed by atoms with Crippen molar-refractivity contribution in [1.82, 2.24) is 15.1 Å².